The molecule has 0 bridgehead atoms. The van der Waals surface area contributed by atoms with Gasteiger partial charge in [0, 0.05) is 63.6 Å². The number of piperidine rings is 1. The molecular formula is C38H46N4O7. The summed E-state index contributed by atoms with van der Waals surface area (Å²) in [5.41, 5.74) is 3.11. The van der Waals surface area contributed by atoms with Gasteiger partial charge in [-0.1, -0.05) is 31.0 Å². The number of carbonyl (C=O) groups is 3. The van der Waals surface area contributed by atoms with Crippen LogP contribution < -0.4 is 20.1 Å². The van der Waals surface area contributed by atoms with E-state index < -0.39 is 18.5 Å². The van der Waals surface area contributed by atoms with Crippen LogP contribution in [0.1, 0.15) is 66.4 Å². The number of hydrogen-bond acceptors (Lipinski definition) is 9. The Kier molecular flexibility index (Phi) is 13.2. The maximum absolute atomic E-state index is 13.3. The summed E-state index contributed by atoms with van der Waals surface area (Å²) < 4.78 is 17.6. The number of rotatable bonds is 15. The van der Waals surface area contributed by atoms with Gasteiger partial charge < -0.3 is 39.6 Å². The van der Waals surface area contributed by atoms with E-state index in [1.165, 1.54) is 6.08 Å². The molecule has 2 aliphatic heterocycles. The Morgan fingerprint density at radius 1 is 1.08 bits per heavy atom. The first-order valence-corrected chi connectivity index (χ1v) is 17.0. The number of aliphatic hydroxyl groups is 1. The summed E-state index contributed by atoms with van der Waals surface area (Å²) >= 11 is 0. The Bertz CT molecular complexity index is 1560. The lowest BCUT2D eigenvalue weighted by molar-refractivity contribution is -0.175. The molecule has 3 N–H and O–H groups in total. The molecule has 3 aromatic rings. The third kappa shape index (κ3) is 10.9. The molecule has 2 amide bonds. The third-order valence-corrected chi connectivity index (χ3v) is 8.86. The molecule has 3 heterocycles. The molecule has 11 heteroatoms. The highest BCUT2D eigenvalue weighted by Crippen LogP contribution is 2.30. The number of aliphatic hydroxyl groups excluding tert-OH is 1. The number of pyridine rings is 1. The molecule has 5 rings (SSSR count). The summed E-state index contributed by atoms with van der Waals surface area (Å²) in [6.07, 6.45) is 10.9. The molecule has 1 aromatic heterocycles. The van der Waals surface area contributed by atoms with Crippen molar-refractivity contribution in [2.24, 2.45) is 5.92 Å². The number of nitrogens with zero attached hydrogens (tertiary/aromatic N) is 2. The van der Waals surface area contributed by atoms with E-state index in [9.17, 15) is 19.5 Å². The number of aromatic nitrogens is 1. The van der Waals surface area contributed by atoms with Gasteiger partial charge in [0.25, 0.3) is 5.91 Å². The molecule has 2 aromatic carbocycles. The van der Waals surface area contributed by atoms with E-state index in [1.54, 1.807) is 37.7 Å². The molecule has 49 heavy (non-hydrogen) atoms. The minimum atomic E-state index is -0.725. The standard InChI is InChI=1S/C38H46N4O7/c1-39-34-20-29(10-12-35(34)49-37-23-31(44)22-33(25-43)48-37)26-47-32-9-4-8-30(21-32)38(46)42-18-14-27(15-19-42)6-2-3-17-41-36(45)13-11-28-7-5-16-40-24-28/h4-5,7-13,16,20-21,24-25,27,31,33,37,39,44H,2-3,6,14-15,17-19,22-23,26H2,1H3,(H,41,45)/b13-11+. The van der Waals surface area contributed by atoms with E-state index in [0.717, 1.165) is 62.0 Å². The highest BCUT2D eigenvalue weighted by Gasteiger charge is 2.30. The van der Waals surface area contributed by atoms with Crippen molar-refractivity contribution in [3.8, 4) is 11.5 Å². The zero-order chi connectivity index (χ0) is 34.4. The first-order valence-electron chi connectivity index (χ1n) is 17.0. The Morgan fingerprint density at radius 3 is 2.71 bits per heavy atom. The Morgan fingerprint density at radius 2 is 1.94 bits per heavy atom. The lowest BCUT2D eigenvalue weighted by Crippen LogP contribution is -2.39. The average Bonchev–Trinajstić information content (AvgIpc) is 3.13. The molecule has 3 atom stereocenters. The fourth-order valence-corrected chi connectivity index (χ4v) is 6.13. The summed E-state index contributed by atoms with van der Waals surface area (Å²) in [7, 11) is 1.78. The largest absolute Gasteiger partial charge is 0.489 e. The van der Waals surface area contributed by atoms with Crippen LogP contribution in [0.25, 0.3) is 6.08 Å². The SMILES string of the molecule is CNc1cc(COc2cccc(C(=O)N3CCC(CCCCNC(=O)/C=C/c4cccnc4)CC3)c2)ccc1OC1CC(O)CC(C=O)O1. The highest BCUT2D eigenvalue weighted by atomic mass is 16.7. The Hall–Kier alpha value is -4.74. The van der Waals surface area contributed by atoms with E-state index in [0.29, 0.717) is 35.8 Å². The number of amides is 2. The second kappa shape index (κ2) is 18.1. The second-order valence-electron chi connectivity index (χ2n) is 12.5. The monoisotopic (exact) mass is 670 g/mol. The molecule has 0 aliphatic carbocycles. The van der Waals surface area contributed by atoms with Crippen LogP contribution in [0.15, 0.2) is 73.1 Å². The summed E-state index contributed by atoms with van der Waals surface area (Å²) in [5.74, 6) is 1.64. The average molecular weight is 671 g/mol. The van der Waals surface area contributed by atoms with Crippen LogP contribution in [0.4, 0.5) is 5.69 Å². The van der Waals surface area contributed by atoms with Crippen LogP contribution in [0.3, 0.4) is 0 Å². The van der Waals surface area contributed by atoms with Crippen molar-refractivity contribution in [3.63, 3.8) is 0 Å². The van der Waals surface area contributed by atoms with Crippen LogP contribution in [0.2, 0.25) is 0 Å². The van der Waals surface area contributed by atoms with E-state index in [2.05, 4.69) is 15.6 Å². The molecule has 2 fully saturated rings. The first kappa shape index (κ1) is 35.6. The van der Waals surface area contributed by atoms with Crippen LogP contribution >= 0.6 is 0 Å². The van der Waals surface area contributed by atoms with Gasteiger partial charge in [-0.2, -0.15) is 0 Å². The van der Waals surface area contributed by atoms with E-state index in [4.69, 9.17) is 14.2 Å². The van der Waals surface area contributed by atoms with Crippen LogP contribution in [0, 0.1) is 5.92 Å². The molecule has 11 nitrogen and oxygen atoms in total. The number of benzene rings is 2. The minimum absolute atomic E-state index is 0.0109. The van der Waals surface area contributed by atoms with Gasteiger partial charge in [-0.25, -0.2) is 0 Å². The van der Waals surface area contributed by atoms with Gasteiger partial charge in [0.15, 0.2) is 0 Å². The molecule has 0 radical (unpaired) electrons. The van der Waals surface area contributed by atoms with Gasteiger partial charge in [-0.15, -0.1) is 0 Å². The summed E-state index contributed by atoms with van der Waals surface area (Å²) in [5, 5.41) is 16.1. The van der Waals surface area contributed by atoms with Crippen molar-refractivity contribution in [2.45, 2.75) is 70.1 Å². The number of unbranched alkanes of at least 4 members (excludes halogenated alkanes) is 1. The van der Waals surface area contributed by atoms with Crippen LogP contribution in [0.5, 0.6) is 11.5 Å². The van der Waals surface area contributed by atoms with Crippen molar-refractivity contribution in [1.29, 1.82) is 0 Å². The van der Waals surface area contributed by atoms with Gasteiger partial charge in [0.1, 0.15) is 30.5 Å². The summed E-state index contributed by atoms with van der Waals surface area (Å²) in [6, 6.07) is 16.6. The zero-order valence-electron chi connectivity index (χ0n) is 28.0. The molecular weight excluding hydrogens is 624 g/mol. The highest BCUT2D eigenvalue weighted by molar-refractivity contribution is 5.94. The number of hydrogen-bond donors (Lipinski definition) is 3. The van der Waals surface area contributed by atoms with Crippen molar-refractivity contribution >= 4 is 29.9 Å². The van der Waals surface area contributed by atoms with Crippen LogP contribution in [-0.2, 0) is 20.9 Å². The smallest absolute Gasteiger partial charge is 0.253 e. The predicted octanol–water partition coefficient (Wildman–Crippen LogP) is 5.00. The van der Waals surface area contributed by atoms with Gasteiger partial charge in [0.05, 0.1) is 11.8 Å². The Labute approximate surface area is 287 Å². The number of likely N-dealkylation sites (tertiary alicyclic amines) is 1. The predicted molar refractivity (Wildman–Crippen MR) is 186 cm³/mol. The van der Waals surface area contributed by atoms with E-state index in [-0.39, 0.29) is 31.3 Å². The fourth-order valence-electron chi connectivity index (χ4n) is 6.13. The van der Waals surface area contributed by atoms with E-state index >= 15 is 0 Å². The maximum Gasteiger partial charge on any atom is 0.253 e. The van der Waals surface area contributed by atoms with Gasteiger partial charge in [0.2, 0.25) is 12.2 Å². The van der Waals surface area contributed by atoms with Gasteiger partial charge >= 0.3 is 0 Å². The zero-order valence-corrected chi connectivity index (χ0v) is 28.0. The van der Waals surface area contributed by atoms with Gasteiger partial charge in [-0.05, 0) is 78.8 Å². The molecule has 2 aliphatic rings. The number of nitrogens with one attached hydrogen (secondary N) is 2. The normalized spacial score (nSPS) is 19.7. The van der Waals surface area contributed by atoms with E-state index in [1.807, 2.05) is 47.4 Å². The maximum atomic E-state index is 13.3. The Balaban J connectivity index is 1.02. The number of aldehydes is 1. The number of ether oxygens (including phenoxy) is 3. The van der Waals surface area contributed by atoms with Crippen LogP contribution in [-0.4, -0.2) is 78.3 Å². The lowest BCUT2D eigenvalue weighted by atomic mass is 9.91. The molecule has 0 saturated carbocycles. The van der Waals surface area contributed by atoms with Crippen molar-refractivity contribution in [3.05, 3.63) is 89.8 Å². The summed E-state index contributed by atoms with van der Waals surface area (Å²) in [4.78, 5) is 42.5. The minimum Gasteiger partial charge on any atom is -0.489 e. The third-order valence-electron chi connectivity index (χ3n) is 8.86. The van der Waals surface area contributed by atoms with Crippen molar-refractivity contribution < 1.29 is 33.7 Å². The quantitative estimate of drug-likeness (QED) is 0.116. The first-order chi connectivity index (χ1) is 23.9. The second-order valence-corrected chi connectivity index (χ2v) is 12.5. The molecule has 260 valence electrons. The lowest BCUT2D eigenvalue weighted by Gasteiger charge is -2.32. The van der Waals surface area contributed by atoms with Crippen molar-refractivity contribution in [2.75, 3.05) is 32.0 Å². The van der Waals surface area contributed by atoms with Gasteiger partial charge in [-0.3, -0.25) is 14.6 Å². The topological polar surface area (TPSA) is 139 Å². The molecule has 2 saturated heterocycles. The molecule has 0 spiro atoms. The molecule has 3 unspecified atom stereocenters. The van der Waals surface area contributed by atoms with Crippen molar-refractivity contribution in [1.82, 2.24) is 15.2 Å². The summed E-state index contributed by atoms with van der Waals surface area (Å²) in [6.45, 7) is 2.39. The number of carbonyl (C=O) groups excluding carboxylic acids is 3. The fraction of sp³-hybridized carbons (Fsp3) is 0.421. The number of anilines is 1.